The Bertz CT molecular complexity index is 1250. The Kier molecular flexibility index (Phi) is 5.31. The number of nitrogens with one attached hydrogen (secondary N) is 1. The summed E-state index contributed by atoms with van der Waals surface area (Å²) in [6.07, 6.45) is 0.793. The van der Waals surface area contributed by atoms with Crippen LogP contribution in [0.3, 0.4) is 0 Å². The molecule has 0 aliphatic rings. The first-order valence-corrected chi connectivity index (χ1v) is 9.89. The third kappa shape index (κ3) is 3.80. The maximum absolute atomic E-state index is 13.0. The van der Waals surface area contributed by atoms with Crippen molar-refractivity contribution in [3.8, 4) is 6.07 Å². The van der Waals surface area contributed by atoms with Gasteiger partial charge in [0.05, 0.1) is 28.4 Å². The smallest absolute Gasteiger partial charge is 0.276 e. The summed E-state index contributed by atoms with van der Waals surface area (Å²) in [6.45, 7) is 5.06. The van der Waals surface area contributed by atoms with Gasteiger partial charge in [-0.15, -0.1) is 0 Å². The Labute approximate surface area is 174 Å². The SMILES string of the molecule is CCn1nc(C)cc1C(=O)Nc1nc2cc(C#N)ccc2n1CCc1ccccc1. The van der Waals surface area contributed by atoms with E-state index in [9.17, 15) is 10.1 Å². The van der Waals surface area contributed by atoms with Crippen molar-refractivity contribution in [1.82, 2.24) is 19.3 Å². The summed E-state index contributed by atoms with van der Waals surface area (Å²) in [5.74, 6) is 0.205. The number of hydrogen-bond acceptors (Lipinski definition) is 4. The molecule has 7 heteroatoms. The Morgan fingerprint density at radius 2 is 1.97 bits per heavy atom. The molecule has 0 aliphatic heterocycles. The number of aromatic nitrogens is 4. The van der Waals surface area contributed by atoms with Crippen LogP contribution in [0.1, 0.15) is 34.2 Å². The average molecular weight is 398 g/mol. The number of anilines is 1. The number of hydrogen-bond donors (Lipinski definition) is 1. The number of amides is 1. The molecule has 0 bridgehead atoms. The van der Waals surface area contributed by atoms with Crippen molar-refractivity contribution in [2.24, 2.45) is 0 Å². The molecule has 0 radical (unpaired) electrons. The topological polar surface area (TPSA) is 88.5 Å². The molecule has 0 saturated carbocycles. The first-order chi connectivity index (χ1) is 14.6. The molecule has 150 valence electrons. The zero-order valence-electron chi connectivity index (χ0n) is 17.0. The van der Waals surface area contributed by atoms with Gasteiger partial charge in [-0.25, -0.2) is 4.98 Å². The van der Waals surface area contributed by atoms with Gasteiger partial charge < -0.3 is 4.57 Å². The average Bonchev–Trinajstić information content (AvgIpc) is 3.31. The molecule has 1 amide bonds. The van der Waals surface area contributed by atoms with Crippen molar-refractivity contribution in [2.45, 2.75) is 33.4 Å². The van der Waals surface area contributed by atoms with E-state index < -0.39 is 0 Å². The van der Waals surface area contributed by atoms with Crippen LogP contribution in [0.2, 0.25) is 0 Å². The number of aryl methyl sites for hydroxylation is 4. The number of carbonyl (C=O) groups excluding carboxylic acids is 1. The first kappa shape index (κ1) is 19.4. The van der Waals surface area contributed by atoms with Crippen molar-refractivity contribution in [3.63, 3.8) is 0 Å². The highest BCUT2D eigenvalue weighted by atomic mass is 16.2. The standard InChI is InChI=1S/C23H22N6O/c1-3-29-21(13-16(2)27-29)22(30)26-23-25-19-14-18(15-24)9-10-20(19)28(23)12-11-17-7-5-4-6-8-17/h4-10,13-14H,3,11-12H2,1-2H3,(H,25,26,30). The first-order valence-electron chi connectivity index (χ1n) is 9.89. The van der Waals surface area contributed by atoms with Crippen LogP contribution in [0.15, 0.2) is 54.6 Å². The molecule has 0 saturated heterocycles. The number of carbonyl (C=O) groups is 1. The van der Waals surface area contributed by atoms with Crippen molar-refractivity contribution < 1.29 is 4.79 Å². The van der Waals surface area contributed by atoms with Gasteiger partial charge in [0.15, 0.2) is 0 Å². The van der Waals surface area contributed by atoms with Gasteiger partial charge in [0.2, 0.25) is 5.95 Å². The molecule has 0 unspecified atom stereocenters. The van der Waals surface area contributed by atoms with E-state index in [4.69, 9.17) is 0 Å². The number of rotatable bonds is 6. The van der Waals surface area contributed by atoms with Crippen LogP contribution in [-0.4, -0.2) is 25.2 Å². The zero-order valence-corrected chi connectivity index (χ0v) is 17.0. The van der Waals surface area contributed by atoms with Gasteiger partial charge in [0.1, 0.15) is 5.69 Å². The quantitative estimate of drug-likeness (QED) is 0.533. The highest BCUT2D eigenvalue weighted by molar-refractivity contribution is 6.03. The Morgan fingerprint density at radius 3 is 2.70 bits per heavy atom. The van der Waals surface area contributed by atoms with Crippen LogP contribution in [0.25, 0.3) is 11.0 Å². The summed E-state index contributed by atoms with van der Waals surface area (Å²) in [5, 5.41) is 16.5. The lowest BCUT2D eigenvalue weighted by Gasteiger charge is -2.11. The lowest BCUT2D eigenvalue weighted by atomic mass is 10.1. The van der Waals surface area contributed by atoms with Gasteiger partial charge in [0.25, 0.3) is 5.91 Å². The Hall–Kier alpha value is -3.92. The van der Waals surface area contributed by atoms with Gasteiger partial charge in [0, 0.05) is 13.1 Å². The largest absolute Gasteiger partial charge is 0.310 e. The molecule has 0 fully saturated rings. The number of benzene rings is 2. The van der Waals surface area contributed by atoms with Crippen LogP contribution < -0.4 is 5.32 Å². The summed E-state index contributed by atoms with van der Waals surface area (Å²) < 4.78 is 3.66. The van der Waals surface area contributed by atoms with Crippen LogP contribution in [0.5, 0.6) is 0 Å². The number of imidazole rings is 1. The Morgan fingerprint density at radius 1 is 1.17 bits per heavy atom. The normalized spacial score (nSPS) is 10.8. The second-order valence-electron chi connectivity index (χ2n) is 7.08. The number of nitriles is 1. The fraction of sp³-hybridized carbons (Fsp3) is 0.217. The molecule has 2 heterocycles. The fourth-order valence-corrected chi connectivity index (χ4v) is 3.54. The summed E-state index contributed by atoms with van der Waals surface area (Å²) in [4.78, 5) is 17.6. The predicted octanol–water partition coefficient (Wildman–Crippen LogP) is 3.93. The molecule has 1 N–H and O–H groups in total. The molecule has 2 aromatic carbocycles. The molecule has 0 atom stereocenters. The molecule has 4 rings (SSSR count). The third-order valence-electron chi connectivity index (χ3n) is 5.00. The maximum Gasteiger partial charge on any atom is 0.276 e. The van der Waals surface area contributed by atoms with Crippen LogP contribution in [-0.2, 0) is 19.5 Å². The minimum absolute atomic E-state index is 0.255. The molecular formula is C23H22N6O. The predicted molar refractivity (Wildman–Crippen MR) is 115 cm³/mol. The number of nitrogens with zero attached hydrogens (tertiary/aromatic N) is 5. The molecule has 30 heavy (non-hydrogen) atoms. The van der Waals surface area contributed by atoms with Crippen LogP contribution in [0.4, 0.5) is 5.95 Å². The van der Waals surface area contributed by atoms with Gasteiger partial charge in [-0.1, -0.05) is 30.3 Å². The molecule has 0 aliphatic carbocycles. The van der Waals surface area contributed by atoms with Gasteiger partial charge in [-0.3, -0.25) is 14.8 Å². The maximum atomic E-state index is 13.0. The lowest BCUT2D eigenvalue weighted by Crippen LogP contribution is -2.20. The Balaban J connectivity index is 1.70. The minimum atomic E-state index is -0.255. The number of fused-ring (bicyclic) bond motifs is 1. The van der Waals surface area contributed by atoms with Crippen molar-refractivity contribution in [3.05, 3.63) is 77.1 Å². The second kappa shape index (κ2) is 8.21. The van der Waals surface area contributed by atoms with Gasteiger partial charge in [-0.2, -0.15) is 10.4 Å². The van der Waals surface area contributed by atoms with Crippen LogP contribution >= 0.6 is 0 Å². The van der Waals surface area contributed by atoms with E-state index in [1.165, 1.54) is 5.56 Å². The van der Waals surface area contributed by atoms with E-state index in [2.05, 4.69) is 33.6 Å². The van der Waals surface area contributed by atoms with E-state index in [1.54, 1.807) is 22.9 Å². The molecule has 7 nitrogen and oxygen atoms in total. The highest BCUT2D eigenvalue weighted by Gasteiger charge is 2.18. The molecule has 4 aromatic rings. The van der Waals surface area contributed by atoms with E-state index >= 15 is 0 Å². The minimum Gasteiger partial charge on any atom is -0.310 e. The summed E-state index contributed by atoms with van der Waals surface area (Å²) in [7, 11) is 0. The van der Waals surface area contributed by atoms with E-state index in [1.807, 2.05) is 42.7 Å². The van der Waals surface area contributed by atoms with Crippen molar-refractivity contribution in [2.75, 3.05) is 5.32 Å². The molecule has 0 spiro atoms. The monoisotopic (exact) mass is 398 g/mol. The summed E-state index contributed by atoms with van der Waals surface area (Å²) in [5.41, 5.74) is 4.57. The van der Waals surface area contributed by atoms with E-state index in [0.29, 0.717) is 35.8 Å². The lowest BCUT2D eigenvalue weighted by molar-refractivity contribution is 0.101. The fourth-order valence-electron chi connectivity index (χ4n) is 3.54. The molecule has 2 aromatic heterocycles. The third-order valence-corrected chi connectivity index (χ3v) is 5.00. The summed E-state index contributed by atoms with van der Waals surface area (Å²) >= 11 is 0. The molecular weight excluding hydrogens is 376 g/mol. The summed E-state index contributed by atoms with van der Waals surface area (Å²) in [6, 6.07) is 19.5. The van der Waals surface area contributed by atoms with Crippen LogP contribution in [0, 0.1) is 18.3 Å². The van der Waals surface area contributed by atoms with Gasteiger partial charge >= 0.3 is 0 Å². The van der Waals surface area contributed by atoms with Gasteiger partial charge in [-0.05, 0) is 50.1 Å². The highest BCUT2D eigenvalue weighted by Crippen LogP contribution is 2.22. The van der Waals surface area contributed by atoms with E-state index in [-0.39, 0.29) is 5.91 Å². The zero-order chi connectivity index (χ0) is 21.1. The van der Waals surface area contributed by atoms with Crippen molar-refractivity contribution in [1.29, 1.82) is 5.26 Å². The second-order valence-corrected chi connectivity index (χ2v) is 7.08. The van der Waals surface area contributed by atoms with Crippen molar-refractivity contribution >= 4 is 22.9 Å². The van der Waals surface area contributed by atoms with E-state index in [0.717, 1.165) is 17.6 Å².